The number of phenols is 1. The molecule has 0 saturated heterocycles. The molecule has 0 saturated carbocycles. The Bertz CT molecular complexity index is 1340. The highest BCUT2D eigenvalue weighted by Crippen LogP contribution is 2.40. The normalized spacial score (nSPS) is 13.9. The Labute approximate surface area is 178 Å². The number of nitrogens with zero attached hydrogens (tertiary/aromatic N) is 2. The SMILES string of the molecule is CC1=C(Nc2nc(-c3ccc(O)cc3)nc3scc(-c4cccs4)c23)C(=O)NC1=O. The number of hydrogen-bond donors (Lipinski definition) is 3. The maximum Gasteiger partial charge on any atom is 0.275 e. The summed E-state index contributed by atoms with van der Waals surface area (Å²) in [4.78, 5) is 35.3. The Hall–Kier alpha value is -3.56. The molecule has 5 rings (SSSR count). The van der Waals surface area contributed by atoms with Crippen LogP contribution in [0.5, 0.6) is 5.75 Å². The van der Waals surface area contributed by atoms with E-state index in [2.05, 4.69) is 15.6 Å². The second kappa shape index (κ2) is 7.05. The smallest absolute Gasteiger partial charge is 0.275 e. The van der Waals surface area contributed by atoms with Gasteiger partial charge in [-0.1, -0.05) is 6.07 Å². The van der Waals surface area contributed by atoms with E-state index >= 15 is 0 Å². The van der Waals surface area contributed by atoms with Gasteiger partial charge in [-0.25, -0.2) is 9.97 Å². The number of amides is 2. The minimum absolute atomic E-state index is 0.149. The van der Waals surface area contributed by atoms with Crippen molar-refractivity contribution in [2.24, 2.45) is 0 Å². The summed E-state index contributed by atoms with van der Waals surface area (Å²) in [6.07, 6.45) is 0. The minimum Gasteiger partial charge on any atom is -0.508 e. The molecule has 7 nitrogen and oxygen atoms in total. The van der Waals surface area contributed by atoms with Crippen molar-refractivity contribution in [3.05, 3.63) is 58.4 Å². The lowest BCUT2D eigenvalue weighted by atomic mass is 10.1. The van der Waals surface area contributed by atoms with E-state index in [9.17, 15) is 14.7 Å². The third-order valence-corrected chi connectivity index (χ3v) is 6.53. The number of rotatable bonds is 4. The van der Waals surface area contributed by atoms with Gasteiger partial charge in [0.05, 0.1) is 5.39 Å². The van der Waals surface area contributed by atoms with E-state index in [0.717, 1.165) is 26.2 Å². The van der Waals surface area contributed by atoms with Crippen LogP contribution in [-0.2, 0) is 9.59 Å². The van der Waals surface area contributed by atoms with E-state index in [1.807, 2.05) is 22.9 Å². The van der Waals surface area contributed by atoms with E-state index in [1.54, 1.807) is 42.5 Å². The van der Waals surface area contributed by atoms with Crippen molar-refractivity contribution in [1.82, 2.24) is 15.3 Å². The average Bonchev–Trinajstić information content (AvgIpc) is 3.45. The van der Waals surface area contributed by atoms with Crippen LogP contribution in [0, 0.1) is 0 Å². The molecule has 148 valence electrons. The summed E-state index contributed by atoms with van der Waals surface area (Å²) < 4.78 is 0. The van der Waals surface area contributed by atoms with Gasteiger partial charge in [-0.2, -0.15) is 0 Å². The molecular formula is C21H14N4O3S2. The lowest BCUT2D eigenvalue weighted by Crippen LogP contribution is -2.24. The van der Waals surface area contributed by atoms with Crippen LogP contribution in [0.4, 0.5) is 5.82 Å². The monoisotopic (exact) mass is 434 g/mol. The molecule has 1 aliphatic heterocycles. The lowest BCUT2D eigenvalue weighted by Gasteiger charge is -2.11. The van der Waals surface area contributed by atoms with Crippen LogP contribution in [0.15, 0.2) is 58.4 Å². The van der Waals surface area contributed by atoms with Gasteiger partial charge in [-0.15, -0.1) is 22.7 Å². The number of anilines is 1. The van der Waals surface area contributed by atoms with Crippen molar-refractivity contribution in [3.8, 4) is 27.6 Å². The molecule has 4 aromatic rings. The number of thiophene rings is 2. The molecule has 3 aromatic heterocycles. The fourth-order valence-electron chi connectivity index (χ4n) is 3.20. The maximum absolute atomic E-state index is 12.3. The van der Waals surface area contributed by atoms with Gasteiger partial charge in [0, 0.05) is 27.0 Å². The zero-order valence-electron chi connectivity index (χ0n) is 15.6. The van der Waals surface area contributed by atoms with Crippen LogP contribution in [0.1, 0.15) is 6.92 Å². The molecule has 0 atom stereocenters. The van der Waals surface area contributed by atoms with Gasteiger partial charge in [-0.05, 0) is 42.6 Å². The highest BCUT2D eigenvalue weighted by Gasteiger charge is 2.28. The van der Waals surface area contributed by atoms with Gasteiger partial charge < -0.3 is 10.4 Å². The molecule has 0 aliphatic carbocycles. The number of benzene rings is 1. The van der Waals surface area contributed by atoms with Crippen molar-refractivity contribution in [2.75, 3.05) is 5.32 Å². The highest BCUT2D eigenvalue weighted by molar-refractivity contribution is 7.18. The van der Waals surface area contributed by atoms with Gasteiger partial charge in [0.15, 0.2) is 5.82 Å². The number of carbonyl (C=O) groups excluding carboxylic acids is 2. The Kier molecular flexibility index (Phi) is 4.34. The number of phenolic OH excluding ortho intramolecular Hbond substituents is 1. The molecule has 0 bridgehead atoms. The van der Waals surface area contributed by atoms with Crippen molar-refractivity contribution >= 4 is 50.5 Å². The number of hydrogen-bond acceptors (Lipinski definition) is 8. The zero-order chi connectivity index (χ0) is 20.8. The Morgan fingerprint density at radius 2 is 1.83 bits per heavy atom. The Balaban J connectivity index is 1.72. The summed E-state index contributed by atoms with van der Waals surface area (Å²) in [6, 6.07) is 10.6. The van der Waals surface area contributed by atoms with Gasteiger partial charge in [0.1, 0.15) is 22.1 Å². The second-order valence-electron chi connectivity index (χ2n) is 6.66. The van der Waals surface area contributed by atoms with Crippen molar-refractivity contribution < 1.29 is 14.7 Å². The molecule has 1 aliphatic rings. The summed E-state index contributed by atoms with van der Waals surface area (Å²) >= 11 is 3.08. The molecule has 0 fully saturated rings. The Morgan fingerprint density at radius 1 is 1.03 bits per heavy atom. The van der Waals surface area contributed by atoms with Gasteiger partial charge in [0.25, 0.3) is 11.8 Å². The molecule has 30 heavy (non-hydrogen) atoms. The van der Waals surface area contributed by atoms with Crippen LogP contribution in [-0.4, -0.2) is 26.9 Å². The molecule has 0 radical (unpaired) electrons. The predicted molar refractivity (Wildman–Crippen MR) is 117 cm³/mol. The number of imide groups is 1. The molecule has 0 spiro atoms. The van der Waals surface area contributed by atoms with Gasteiger partial charge in [0.2, 0.25) is 0 Å². The number of fused-ring (bicyclic) bond motifs is 1. The maximum atomic E-state index is 12.3. The average molecular weight is 435 g/mol. The molecule has 9 heteroatoms. The number of aromatic hydroxyl groups is 1. The van der Waals surface area contributed by atoms with Crippen molar-refractivity contribution in [2.45, 2.75) is 6.92 Å². The topological polar surface area (TPSA) is 104 Å². The van der Waals surface area contributed by atoms with Gasteiger partial charge in [-0.3, -0.25) is 14.9 Å². The summed E-state index contributed by atoms with van der Waals surface area (Å²) in [7, 11) is 0. The number of nitrogens with one attached hydrogen (secondary N) is 2. The van der Waals surface area contributed by atoms with Crippen molar-refractivity contribution in [1.29, 1.82) is 0 Å². The highest BCUT2D eigenvalue weighted by atomic mass is 32.1. The first-order valence-electron chi connectivity index (χ1n) is 8.97. The van der Waals surface area contributed by atoms with E-state index in [1.165, 1.54) is 11.3 Å². The summed E-state index contributed by atoms with van der Waals surface area (Å²) in [5, 5.41) is 19.7. The van der Waals surface area contributed by atoms with E-state index in [0.29, 0.717) is 17.2 Å². The molecule has 2 amide bonds. The van der Waals surface area contributed by atoms with Crippen molar-refractivity contribution in [3.63, 3.8) is 0 Å². The first kappa shape index (κ1) is 18.5. The molecule has 4 heterocycles. The van der Waals surface area contributed by atoms with Crippen LogP contribution < -0.4 is 10.6 Å². The fraction of sp³-hybridized carbons (Fsp3) is 0.0476. The third-order valence-electron chi connectivity index (χ3n) is 4.76. The standard InChI is InChI=1S/C21H14N4O3S2/c1-10-16(20(28)25-19(10)27)22-18-15-13(14-3-2-8-29-14)9-30-21(15)24-17(23-18)11-4-6-12(26)7-5-11/h2-9,26H,1H3,(H2,22,23,24,25,27,28). The van der Waals surface area contributed by atoms with E-state index < -0.39 is 11.8 Å². The van der Waals surface area contributed by atoms with Crippen LogP contribution in [0.2, 0.25) is 0 Å². The van der Waals surface area contributed by atoms with E-state index in [4.69, 9.17) is 4.98 Å². The second-order valence-corrected chi connectivity index (χ2v) is 8.46. The molecule has 0 unspecified atom stereocenters. The summed E-state index contributed by atoms with van der Waals surface area (Å²) in [6.45, 7) is 1.59. The molecule has 3 N–H and O–H groups in total. The molecular weight excluding hydrogens is 420 g/mol. The predicted octanol–water partition coefficient (Wildman–Crippen LogP) is 4.13. The van der Waals surface area contributed by atoms with Crippen LogP contribution in [0.25, 0.3) is 32.0 Å². The van der Waals surface area contributed by atoms with E-state index in [-0.39, 0.29) is 11.4 Å². The quantitative estimate of drug-likeness (QED) is 0.417. The Morgan fingerprint density at radius 3 is 2.50 bits per heavy atom. The first-order chi connectivity index (χ1) is 14.5. The summed E-state index contributed by atoms with van der Waals surface area (Å²) in [5.41, 5.74) is 2.18. The molecule has 1 aromatic carbocycles. The number of carbonyl (C=O) groups is 2. The van der Waals surface area contributed by atoms with Crippen LogP contribution in [0.3, 0.4) is 0 Å². The largest absolute Gasteiger partial charge is 0.508 e. The fourth-order valence-corrected chi connectivity index (χ4v) is 4.96. The minimum atomic E-state index is -0.483. The first-order valence-corrected chi connectivity index (χ1v) is 10.7. The van der Waals surface area contributed by atoms with Gasteiger partial charge >= 0.3 is 0 Å². The lowest BCUT2D eigenvalue weighted by molar-refractivity contribution is -0.124. The van der Waals surface area contributed by atoms with Crippen LogP contribution >= 0.6 is 22.7 Å². The zero-order valence-corrected chi connectivity index (χ0v) is 17.2. The third kappa shape index (κ3) is 3.04. The number of aromatic nitrogens is 2. The summed E-state index contributed by atoms with van der Waals surface area (Å²) in [5.74, 6) is 0.148.